The maximum absolute atomic E-state index is 12.7. The summed E-state index contributed by atoms with van der Waals surface area (Å²) >= 11 is 7.15. The highest BCUT2D eigenvalue weighted by Crippen LogP contribution is 2.25. The molecule has 0 aliphatic carbocycles. The Morgan fingerprint density at radius 2 is 1.67 bits per heavy atom. The minimum atomic E-state index is -0.409. The fourth-order valence-corrected chi connectivity index (χ4v) is 4.15. The second kappa shape index (κ2) is 12.5. The number of nitrogens with zero attached hydrogens (tertiary/aromatic N) is 3. The maximum Gasteiger partial charge on any atom is 0.338 e. The largest absolute Gasteiger partial charge is 0.462 e. The van der Waals surface area contributed by atoms with Gasteiger partial charge in [-0.25, -0.2) is 4.79 Å². The highest BCUT2D eigenvalue weighted by molar-refractivity contribution is 7.99. The molecule has 0 saturated carbocycles. The van der Waals surface area contributed by atoms with Crippen LogP contribution in [0.25, 0.3) is 0 Å². The van der Waals surface area contributed by atoms with Crippen molar-refractivity contribution in [3.63, 3.8) is 0 Å². The van der Waals surface area contributed by atoms with Crippen molar-refractivity contribution in [2.45, 2.75) is 32.0 Å². The average Bonchev–Trinajstić information content (AvgIpc) is 3.21. The normalized spacial score (nSPS) is 11.7. The van der Waals surface area contributed by atoms with Crippen LogP contribution in [0, 0.1) is 5.92 Å². The molecule has 0 aliphatic rings. The predicted molar refractivity (Wildman–Crippen MR) is 139 cm³/mol. The zero-order valence-electron chi connectivity index (χ0n) is 20.4. The predicted octanol–water partition coefficient (Wildman–Crippen LogP) is 4.50. The quantitative estimate of drug-likeness (QED) is 0.293. The van der Waals surface area contributed by atoms with E-state index in [2.05, 4.69) is 20.8 Å². The Kier molecular flexibility index (Phi) is 9.49. The highest BCUT2D eigenvalue weighted by atomic mass is 35.5. The zero-order chi connectivity index (χ0) is 26.2. The van der Waals surface area contributed by atoms with Gasteiger partial charge >= 0.3 is 5.97 Å². The van der Waals surface area contributed by atoms with Crippen molar-refractivity contribution < 1.29 is 19.1 Å². The van der Waals surface area contributed by atoms with Crippen LogP contribution in [-0.4, -0.2) is 44.9 Å². The molecule has 9 nitrogen and oxygen atoms in total. The van der Waals surface area contributed by atoms with Crippen LogP contribution < -0.4 is 10.6 Å². The summed E-state index contributed by atoms with van der Waals surface area (Å²) in [5, 5.41) is 15.4. The number of rotatable bonds is 10. The molecule has 0 spiro atoms. The molecule has 0 aliphatic heterocycles. The van der Waals surface area contributed by atoms with E-state index < -0.39 is 5.97 Å². The topological polar surface area (TPSA) is 115 Å². The van der Waals surface area contributed by atoms with Crippen LogP contribution in [0.4, 0.5) is 5.69 Å². The number of amides is 2. The molecule has 2 N–H and O–H groups in total. The number of esters is 1. The van der Waals surface area contributed by atoms with Gasteiger partial charge in [0.05, 0.1) is 24.0 Å². The first-order chi connectivity index (χ1) is 17.2. The van der Waals surface area contributed by atoms with Crippen molar-refractivity contribution >= 4 is 46.8 Å². The van der Waals surface area contributed by atoms with E-state index in [0.29, 0.717) is 39.4 Å². The number of hydrogen-bond donors (Lipinski definition) is 2. The van der Waals surface area contributed by atoms with Crippen molar-refractivity contribution in [3.05, 3.63) is 70.5 Å². The van der Waals surface area contributed by atoms with E-state index in [1.807, 2.05) is 13.8 Å². The van der Waals surface area contributed by atoms with E-state index >= 15 is 0 Å². The van der Waals surface area contributed by atoms with Gasteiger partial charge < -0.3 is 19.9 Å². The first kappa shape index (κ1) is 27.2. The summed E-state index contributed by atoms with van der Waals surface area (Å²) in [6, 6.07) is 12.8. The summed E-state index contributed by atoms with van der Waals surface area (Å²) in [4.78, 5) is 36.9. The third-order valence-electron chi connectivity index (χ3n) is 5.22. The van der Waals surface area contributed by atoms with E-state index in [-0.39, 0.29) is 29.5 Å². The van der Waals surface area contributed by atoms with Crippen molar-refractivity contribution in [1.29, 1.82) is 0 Å². The Hall–Kier alpha value is -3.37. The Balaban J connectivity index is 1.60. The third-order valence-corrected chi connectivity index (χ3v) is 6.49. The van der Waals surface area contributed by atoms with Crippen molar-refractivity contribution in [2.24, 2.45) is 13.0 Å². The molecular formula is C25H28ClN5O4S. The van der Waals surface area contributed by atoms with E-state index in [0.717, 1.165) is 0 Å². The van der Waals surface area contributed by atoms with Crippen LogP contribution in [-0.2, 0) is 16.6 Å². The van der Waals surface area contributed by atoms with E-state index in [1.54, 1.807) is 67.1 Å². The number of ether oxygens (including phenoxy) is 1. The van der Waals surface area contributed by atoms with Crippen molar-refractivity contribution in [1.82, 2.24) is 20.1 Å². The highest BCUT2D eigenvalue weighted by Gasteiger charge is 2.25. The minimum absolute atomic E-state index is 0.0443. The second-order valence-corrected chi connectivity index (χ2v) is 9.62. The first-order valence-electron chi connectivity index (χ1n) is 11.3. The summed E-state index contributed by atoms with van der Waals surface area (Å²) in [5.41, 5.74) is 1.48. The van der Waals surface area contributed by atoms with E-state index in [4.69, 9.17) is 16.3 Å². The van der Waals surface area contributed by atoms with Gasteiger partial charge in [0.1, 0.15) is 0 Å². The smallest absolute Gasteiger partial charge is 0.338 e. The van der Waals surface area contributed by atoms with Crippen molar-refractivity contribution in [3.8, 4) is 0 Å². The summed E-state index contributed by atoms with van der Waals surface area (Å²) in [5.74, 6) is -0.142. The van der Waals surface area contributed by atoms with Crippen LogP contribution in [0.15, 0.2) is 53.7 Å². The molecule has 1 atom stereocenters. The number of nitrogens with one attached hydrogen (secondary N) is 2. The van der Waals surface area contributed by atoms with Gasteiger partial charge in [-0.15, -0.1) is 10.2 Å². The maximum atomic E-state index is 12.7. The van der Waals surface area contributed by atoms with Gasteiger partial charge in [0, 0.05) is 23.3 Å². The van der Waals surface area contributed by atoms with Gasteiger partial charge in [-0.3, -0.25) is 9.59 Å². The Labute approximate surface area is 219 Å². The number of benzene rings is 2. The summed E-state index contributed by atoms with van der Waals surface area (Å²) < 4.78 is 6.73. The summed E-state index contributed by atoms with van der Waals surface area (Å²) in [6.07, 6.45) is 0. The second-order valence-electron chi connectivity index (χ2n) is 8.24. The van der Waals surface area contributed by atoms with Crippen LogP contribution in [0.2, 0.25) is 5.02 Å². The minimum Gasteiger partial charge on any atom is -0.462 e. The molecule has 0 radical (unpaired) electrons. The molecule has 0 bridgehead atoms. The Bertz CT molecular complexity index is 1210. The van der Waals surface area contributed by atoms with Gasteiger partial charge in [-0.05, 0) is 61.4 Å². The van der Waals surface area contributed by atoms with Gasteiger partial charge in [0.2, 0.25) is 5.91 Å². The van der Waals surface area contributed by atoms with E-state index in [1.165, 1.54) is 11.8 Å². The molecule has 1 heterocycles. The lowest BCUT2D eigenvalue weighted by atomic mass is 10.0. The third kappa shape index (κ3) is 7.08. The van der Waals surface area contributed by atoms with E-state index in [9.17, 15) is 14.4 Å². The van der Waals surface area contributed by atoms with Gasteiger partial charge in [-0.1, -0.05) is 37.2 Å². The number of carbonyl (C=O) groups excluding carboxylic acids is 3. The number of anilines is 1. The Morgan fingerprint density at radius 1 is 1.03 bits per heavy atom. The SMILES string of the molecule is CCOC(=O)c1ccc(NC(=O)CSc2nnc([C@@H](NC(=O)c3ccc(Cl)cc3)C(C)C)n2C)cc1. The lowest BCUT2D eigenvalue weighted by Gasteiger charge is -2.21. The van der Waals surface area contributed by atoms with Crippen LogP contribution in [0.5, 0.6) is 0 Å². The molecule has 0 fully saturated rings. The molecular weight excluding hydrogens is 502 g/mol. The first-order valence-corrected chi connectivity index (χ1v) is 12.7. The molecule has 0 saturated heterocycles. The number of halogens is 1. The van der Waals surface area contributed by atoms with Crippen LogP contribution >= 0.6 is 23.4 Å². The number of aromatic nitrogens is 3. The molecule has 1 aromatic heterocycles. The Morgan fingerprint density at radius 3 is 2.28 bits per heavy atom. The molecule has 0 unspecified atom stereocenters. The number of carbonyl (C=O) groups is 3. The molecule has 2 aromatic carbocycles. The molecule has 36 heavy (non-hydrogen) atoms. The number of thioether (sulfide) groups is 1. The summed E-state index contributed by atoms with van der Waals surface area (Å²) in [6.45, 7) is 6.00. The molecule has 11 heteroatoms. The fourth-order valence-electron chi connectivity index (χ4n) is 3.31. The lowest BCUT2D eigenvalue weighted by Crippen LogP contribution is -2.33. The molecule has 2 amide bonds. The van der Waals surface area contributed by atoms with Gasteiger partial charge in [0.15, 0.2) is 11.0 Å². The summed E-state index contributed by atoms with van der Waals surface area (Å²) in [7, 11) is 1.80. The lowest BCUT2D eigenvalue weighted by molar-refractivity contribution is -0.113. The standard InChI is InChI=1S/C25H28ClN5O4S/c1-5-35-24(34)17-8-12-19(13-9-17)27-20(32)14-36-25-30-29-22(31(25)4)21(15(2)3)28-23(33)16-6-10-18(26)11-7-16/h6-13,15,21H,5,14H2,1-4H3,(H,27,32)(H,28,33)/t21-/m0/s1. The average molecular weight is 530 g/mol. The molecule has 3 rings (SSSR count). The van der Waals surface area contributed by atoms with Crippen LogP contribution in [0.1, 0.15) is 53.4 Å². The molecule has 190 valence electrons. The monoisotopic (exact) mass is 529 g/mol. The molecule has 3 aromatic rings. The van der Waals surface area contributed by atoms with Gasteiger partial charge in [0.25, 0.3) is 5.91 Å². The van der Waals surface area contributed by atoms with Crippen LogP contribution in [0.3, 0.4) is 0 Å². The van der Waals surface area contributed by atoms with Gasteiger partial charge in [-0.2, -0.15) is 0 Å². The number of hydrogen-bond acceptors (Lipinski definition) is 7. The fraction of sp³-hybridized carbons (Fsp3) is 0.320. The zero-order valence-corrected chi connectivity index (χ0v) is 22.0. The van der Waals surface area contributed by atoms with Crippen molar-refractivity contribution in [2.75, 3.05) is 17.7 Å².